The van der Waals surface area contributed by atoms with Gasteiger partial charge in [0.2, 0.25) is 5.91 Å². The fourth-order valence-electron chi connectivity index (χ4n) is 4.11. The first-order valence-corrected chi connectivity index (χ1v) is 11.4. The number of hydrogen-bond donors (Lipinski definition) is 4. The molecule has 4 aromatic rings. The minimum Gasteiger partial charge on any atom is -0.494 e. The quantitative estimate of drug-likeness (QED) is 0.226. The Labute approximate surface area is 208 Å². The van der Waals surface area contributed by atoms with Crippen molar-refractivity contribution >= 4 is 39.9 Å². The summed E-state index contributed by atoms with van der Waals surface area (Å²) in [6.07, 6.45) is 0. The molecule has 0 radical (unpaired) electrons. The van der Waals surface area contributed by atoms with Crippen LogP contribution in [0.3, 0.4) is 0 Å². The van der Waals surface area contributed by atoms with Gasteiger partial charge >= 0.3 is 5.97 Å². The Balaban J connectivity index is 1.93. The lowest BCUT2D eigenvalue weighted by atomic mass is 9.93. The maximum absolute atomic E-state index is 12.0. The van der Waals surface area contributed by atoms with E-state index in [1.165, 1.54) is 14.0 Å². The summed E-state index contributed by atoms with van der Waals surface area (Å²) in [5.74, 6) is -0.782. The fourth-order valence-corrected chi connectivity index (χ4v) is 4.11. The van der Waals surface area contributed by atoms with Crippen molar-refractivity contribution in [2.75, 3.05) is 12.4 Å². The summed E-state index contributed by atoms with van der Waals surface area (Å²) in [6, 6.07) is 19.9. The van der Waals surface area contributed by atoms with Crippen molar-refractivity contribution in [3.05, 3.63) is 89.0 Å². The van der Waals surface area contributed by atoms with E-state index in [0.29, 0.717) is 39.1 Å². The number of esters is 1. The second kappa shape index (κ2) is 9.67. The molecule has 184 valence electrons. The van der Waals surface area contributed by atoms with Gasteiger partial charge in [-0.05, 0) is 43.7 Å². The summed E-state index contributed by atoms with van der Waals surface area (Å²) in [7, 11) is 1.32. The SMILES string of the molecule is COC(=O)c1ccc2c(C(=Nc3ccc(C(C)(C)N)c(NC(C)=O)c3)c3ccccc3)c(O)[nH]c2c1. The molecule has 0 aliphatic carbocycles. The van der Waals surface area contributed by atoms with Crippen molar-refractivity contribution in [2.24, 2.45) is 10.7 Å². The zero-order valence-corrected chi connectivity index (χ0v) is 20.5. The number of carbonyl (C=O) groups is 2. The molecule has 0 bridgehead atoms. The van der Waals surface area contributed by atoms with Crippen LogP contribution in [-0.2, 0) is 15.1 Å². The molecule has 5 N–H and O–H groups in total. The topological polar surface area (TPSA) is 130 Å². The van der Waals surface area contributed by atoms with E-state index in [0.717, 1.165) is 11.1 Å². The molecule has 36 heavy (non-hydrogen) atoms. The van der Waals surface area contributed by atoms with Gasteiger partial charge in [0, 0.05) is 34.6 Å². The minimum absolute atomic E-state index is 0.0867. The number of rotatable bonds is 6. The third kappa shape index (κ3) is 4.99. The van der Waals surface area contributed by atoms with E-state index in [-0.39, 0.29) is 11.8 Å². The van der Waals surface area contributed by atoms with Crippen molar-refractivity contribution in [1.29, 1.82) is 0 Å². The van der Waals surface area contributed by atoms with Crippen molar-refractivity contribution < 1.29 is 19.4 Å². The highest BCUT2D eigenvalue weighted by Gasteiger charge is 2.22. The molecular weight excluding hydrogens is 456 g/mol. The number of nitrogens with zero attached hydrogens (tertiary/aromatic N) is 1. The number of fused-ring (bicyclic) bond motifs is 1. The van der Waals surface area contributed by atoms with Crippen LogP contribution in [0.2, 0.25) is 0 Å². The van der Waals surface area contributed by atoms with Gasteiger partial charge in [0.05, 0.1) is 29.6 Å². The van der Waals surface area contributed by atoms with Crippen LogP contribution in [0.5, 0.6) is 5.88 Å². The number of aromatic hydroxyl groups is 1. The normalized spacial score (nSPS) is 12.0. The second-order valence-electron chi connectivity index (χ2n) is 9.06. The number of benzene rings is 3. The number of nitrogens with one attached hydrogen (secondary N) is 2. The third-order valence-electron chi connectivity index (χ3n) is 5.73. The molecule has 0 fully saturated rings. The van der Waals surface area contributed by atoms with Crippen LogP contribution in [0.25, 0.3) is 10.9 Å². The number of aromatic nitrogens is 1. The van der Waals surface area contributed by atoms with Crippen LogP contribution < -0.4 is 11.1 Å². The molecule has 8 nitrogen and oxygen atoms in total. The molecule has 1 heterocycles. The first-order chi connectivity index (χ1) is 17.1. The molecule has 0 saturated heterocycles. The second-order valence-corrected chi connectivity index (χ2v) is 9.06. The molecule has 1 aromatic heterocycles. The molecular formula is C28H28N4O4. The maximum Gasteiger partial charge on any atom is 0.337 e. The van der Waals surface area contributed by atoms with Crippen LogP contribution in [0.4, 0.5) is 11.4 Å². The lowest BCUT2D eigenvalue weighted by molar-refractivity contribution is -0.114. The maximum atomic E-state index is 12.0. The number of ether oxygens (including phenoxy) is 1. The van der Waals surface area contributed by atoms with Crippen LogP contribution in [0, 0.1) is 0 Å². The number of anilines is 1. The number of methoxy groups -OCH3 is 1. The Bertz CT molecular complexity index is 1480. The van der Waals surface area contributed by atoms with E-state index in [1.54, 1.807) is 24.3 Å². The van der Waals surface area contributed by atoms with Crippen molar-refractivity contribution in [3.63, 3.8) is 0 Å². The molecule has 0 spiro atoms. The number of aliphatic imine (C=N–C) groups is 1. The van der Waals surface area contributed by atoms with E-state index >= 15 is 0 Å². The number of carbonyl (C=O) groups excluding carboxylic acids is 2. The highest BCUT2D eigenvalue weighted by molar-refractivity contribution is 6.22. The van der Waals surface area contributed by atoms with Gasteiger partial charge in [0.25, 0.3) is 0 Å². The van der Waals surface area contributed by atoms with E-state index in [2.05, 4.69) is 10.3 Å². The first kappa shape index (κ1) is 24.7. The molecule has 0 aliphatic heterocycles. The zero-order valence-electron chi connectivity index (χ0n) is 20.5. The van der Waals surface area contributed by atoms with Crippen molar-refractivity contribution in [2.45, 2.75) is 26.3 Å². The predicted molar refractivity (Wildman–Crippen MR) is 141 cm³/mol. The van der Waals surface area contributed by atoms with Gasteiger partial charge in [-0.1, -0.05) is 42.5 Å². The van der Waals surface area contributed by atoms with Gasteiger partial charge in [-0.15, -0.1) is 0 Å². The van der Waals surface area contributed by atoms with E-state index in [1.807, 2.05) is 56.3 Å². The first-order valence-electron chi connectivity index (χ1n) is 11.4. The zero-order chi connectivity index (χ0) is 26.0. The van der Waals surface area contributed by atoms with Gasteiger partial charge < -0.3 is 25.9 Å². The molecule has 0 saturated carbocycles. The van der Waals surface area contributed by atoms with Crippen molar-refractivity contribution in [1.82, 2.24) is 4.98 Å². The Morgan fingerprint density at radius 3 is 2.39 bits per heavy atom. The molecule has 4 rings (SSSR count). The smallest absolute Gasteiger partial charge is 0.337 e. The van der Waals surface area contributed by atoms with Crippen LogP contribution in [0.15, 0.2) is 71.7 Å². The average Bonchev–Trinajstić information content (AvgIpc) is 3.16. The third-order valence-corrected chi connectivity index (χ3v) is 5.73. The average molecular weight is 485 g/mol. The summed E-state index contributed by atoms with van der Waals surface area (Å²) in [5.41, 5.74) is 10.2. The minimum atomic E-state index is -0.686. The highest BCUT2D eigenvalue weighted by atomic mass is 16.5. The summed E-state index contributed by atoms with van der Waals surface area (Å²) < 4.78 is 4.81. The molecule has 0 unspecified atom stereocenters. The summed E-state index contributed by atoms with van der Waals surface area (Å²) in [4.78, 5) is 31.7. The lowest BCUT2D eigenvalue weighted by Crippen LogP contribution is -2.30. The number of nitrogens with two attached hydrogens (primary N) is 1. The number of H-pyrrole nitrogens is 1. The number of amides is 1. The van der Waals surface area contributed by atoms with Gasteiger partial charge in [0.15, 0.2) is 5.88 Å². The Morgan fingerprint density at radius 2 is 1.75 bits per heavy atom. The number of aromatic amines is 1. The molecule has 0 aliphatic rings. The van der Waals surface area contributed by atoms with Crippen LogP contribution in [0.1, 0.15) is 47.8 Å². The standard InChI is InChI=1S/C28H28N4O4/c1-16(33)30-23-15-19(11-13-21(23)28(2,3)29)31-25(17-8-6-5-7-9-17)24-20-12-10-18(27(35)36-4)14-22(20)32-26(24)34/h5-15,32,34H,29H2,1-4H3,(H,30,33). The van der Waals surface area contributed by atoms with Crippen LogP contribution in [-0.4, -0.2) is 34.8 Å². The van der Waals surface area contributed by atoms with E-state index in [9.17, 15) is 14.7 Å². The van der Waals surface area contributed by atoms with Gasteiger partial charge in [-0.3, -0.25) is 4.79 Å². The Hall–Kier alpha value is -4.43. The monoisotopic (exact) mass is 484 g/mol. The van der Waals surface area contributed by atoms with E-state index in [4.69, 9.17) is 15.5 Å². The van der Waals surface area contributed by atoms with E-state index < -0.39 is 11.5 Å². The summed E-state index contributed by atoms with van der Waals surface area (Å²) in [5, 5.41) is 14.5. The molecule has 3 aromatic carbocycles. The van der Waals surface area contributed by atoms with Gasteiger partial charge in [-0.2, -0.15) is 0 Å². The summed E-state index contributed by atoms with van der Waals surface area (Å²) >= 11 is 0. The largest absolute Gasteiger partial charge is 0.494 e. The molecule has 8 heteroatoms. The number of hydrogen-bond acceptors (Lipinski definition) is 6. The fraction of sp³-hybridized carbons (Fsp3) is 0.179. The van der Waals surface area contributed by atoms with Crippen molar-refractivity contribution in [3.8, 4) is 5.88 Å². The summed E-state index contributed by atoms with van der Waals surface area (Å²) in [6.45, 7) is 5.16. The van der Waals surface area contributed by atoms with Crippen LogP contribution >= 0.6 is 0 Å². The van der Waals surface area contributed by atoms with Gasteiger partial charge in [-0.25, -0.2) is 9.79 Å². The predicted octanol–water partition coefficient (Wildman–Crippen LogP) is 4.98. The highest BCUT2D eigenvalue weighted by Crippen LogP contribution is 2.34. The lowest BCUT2D eigenvalue weighted by Gasteiger charge is -2.23. The Kier molecular flexibility index (Phi) is 6.63. The van der Waals surface area contributed by atoms with Gasteiger partial charge in [0.1, 0.15) is 0 Å². The molecule has 1 amide bonds. The Morgan fingerprint density at radius 1 is 1.03 bits per heavy atom. The molecule has 0 atom stereocenters.